The molecule has 6 heteroatoms. The van der Waals surface area contributed by atoms with Crippen molar-refractivity contribution in [2.75, 3.05) is 0 Å². The van der Waals surface area contributed by atoms with E-state index in [4.69, 9.17) is 5.73 Å². The first-order valence-electron chi connectivity index (χ1n) is 5.58. The van der Waals surface area contributed by atoms with Crippen LogP contribution in [0.4, 0.5) is 0 Å². The smallest absolute Gasteiger partial charge is 0.257 e. The van der Waals surface area contributed by atoms with E-state index in [0.29, 0.717) is 5.56 Å². The van der Waals surface area contributed by atoms with Gasteiger partial charge in [0.15, 0.2) is 0 Å². The number of carbonyl (C=O) groups is 1. The molecule has 18 heavy (non-hydrogen) atoms. The fourth-order valence-electron chi connectivity index (χ4n) is 1.27. The number of nitrogens with two attached hydrogens (primary N) is 1. The van der Waals surface area contributed by atoms with E-state index in [2.05, 4.69) is 0 Å². The molecule has 1 aromatic carbocycles. The maximum Gasteiger partial charge on any atom is 0.257 e. The molecule has 0 saturated carbocycles. The normalized spacial score (nSPS) is 15.2. The lowest BCUT2D eigenvalue weighted by atomic mass is 9.93. The summed E-state index contributed by atoms with van der Waals surface area (Å²) in [6.45, 7) is 4.46. The molecular formula is C12H18N2O3S. The lowest BCUT2D eigenvalue weighted by Crippen LogP contribution is -2.51. The minimum Gasteiger partial charge on any atom is -0.314 e. The van der Waals surface area contributed by atoms with Gasteiger partial charge < -0.3 is 5.73 Å². The molecule has 0 aliphatic carbocycles. The van der Waals surface area contributed by atoms with E-state index in [1.165, 1.54) is 20.8 Å². The first-order chi connectivity index (χ1) is 8.18. The summed E-state index contributed by atoms with van der Waals surface area (Å²) in [7, 11) is -3.67. The van der Waals surface area contributed by atoms with Crippen molar-refractivity contribution in [3.63, 3.8) is 0 Å². The van der Waals surface area contributed by atoms with E-state index >= 15 is 0 Å². The number of rotatable bonds is 4. The van der Waals surface area contributed by atoms with Gasteiger partial charge in [0.2, 0.25) is 10.0 Å². The Morgan fingerprint density at radius 1 is 1.28 bits per heavy atom. The molecule has 1 amide bonds. The summed E-state index contributed by atoms with van der Waals surface area (Å²) in [6, 6.07) is 8.64. The van der Waals surface area contributed by atoms with Crippen LogP contribution >= 0.6 is 0 Å². The van der Waals surface area contributed by atoms with Gasteiger partial charge in [-0.1, -0.05) is 30.3 Å². The molecule has 0 fully saturated rings. The van der Waals surface area contributed by atoms with Crippen molar-refractivity contribution in [1.82, 2.24) is 4.72 Å². The minimum absolute atomic E-state index is 0.557. The predicted molar refractivity (Wildman–Crippen MR) is 70.2 cm³/mol. The van der Waals surface area contributed by atoms with Crippen LogP contribution in [0.3, 0.4) is 0 Å². The monoisotopic (exact) mass is 270 g/mol. The zero-order valence-electron chi connectivity index (χ0n) is 10.7. The predicted octanol–water partition coefficient (Wildman–Crippen LogP) is 0.715. The molecule has 0 aromatic heterocycles. The molecule has 0 spiro atoms. The molecule has 100 valence electrons. The summed E-state index contributed by atoms with van der Waals surface area (Å²) in [5, 5.41) is -0.687. The molecule has 1 unspecified atom stereocenters. The molecule has 0 heterocycles. The Kier molecular flexibility index (Phi) is 4.13. The van der Waals surface area contributed by atoms with Gasteiger partial charge in [0.25, 0.3) is 5.91 Å². The van der Waals surface area contributed by atoms with Crippen LogP contribution in [0.25, 0.3) is 0 Å². The van der Waals surface area contributed by atoms with Crippen molar-refractivity contribution in [2.24, 2.45) is 5.73 Å². The molecule has 0 radical (unpaired) electrons. The van der Waals surface area contributed by atoms with E-state index in [9.17, 15) is 13.2 Å². The average Bonchev–Trinajstić information content (AvgIpc) is 2.29. The molecule has 1 atom stereocenters. The van der Waals surface area contributed by atoms with Crippen molar-refractivity contribution in [3.8, 4) is 0 Å². The number of nitrogens with one attached hydrogen (secondary N) is 1. The van der Waals surface area contributed by atoms with Crippen molar-refractivity contribution >= 4 is 15.9 Å². The summed E-state index contributed by atoms with van der Waals surface area (Å²) >= 11 is 0. The molecule has 1 rings (SSSR count). The van der Waals surface area contributed by atoms with E-state index in [1.807, 2.05) is 4.72 Å². The Hall–Kier alpha value is -1.40. The van der Waals surface area contributed by atoms with E-state index in [0.717, 1.165) is 0 Å². The Labute approximate surface area is 107 Å². The van der Waals surface area contributed by atoms with Crippen LogP contribution in [0.15, 0.2) is 30.3 Å². The maximum absolute atomic E-state index is 12.0. The van der Waals surface area contributed by atoms with Crippen molar-refractivity contribution in [2.45, 2.75) is 31.6 Å². The summed E-state index contributed by atoms with van der Waals surface area (Å²) in [5.74, 6) is -0.734. The summed E-state index contributed by atoms with van der Waals surface area (Å²) in [6.07, 6.45) is 0. The van der Waals surface area contributed by atoms with Crippen LogP contribution < -0.4 is 10.5 Å². The minimum atomic E-state index is -3.67. The Morgan fingerprint density at radius 2 is 1.78 bits per heavy atom. The highest BCUT2D eigenvalue weighted by Crippen LogP contribution is 2.18. The molecular weight excluding hydrogens is 252 g/mol. The highest BCUT2D eigenvalue weighted by atomic mass is 32.2. The van der Waals surface area contributed by atoms with Crippen LogP contribution in [0, 0.1) is 0 Å². The van der Waals surface area contributed by atoms with Crippen LogP contribution in [-0.2, 0) is 20.4 Å². The molecule has 0 bridgehead atoms. The second kappa shape index (κ2) is 5.07. The molecule has 0 aliphatic rings. The van der Waals surface area contributed by atoms with Gasteiger partial charge in [-0.25, -0.2) is 8.42 Å². The van der Waals surface area contributed by atoms with Gasteiger partial charge in [0, 0.05) is 0 Å². The van der Waals surface area contributed by atoms with E-state index in [-0.39, 0.29) is 0 Å². The third-order valence-corrected chi connectivity index (χ3v) is 4.41. The molecule has 0 saturated heterocycles. The van der Waals surface area contributed by atoms with Crippen LogP contribution in [0.5, 0.6) is 0 Å². The highest BCUT2D eigenvalue weighted by molar-refractivity contribution is 7.90. The van der Waals surface area contributed by atoms with E-state index < -0.39 is 26.7 Å². The van der Waals surface area contributed by atoms with Crippen LogP contribution in [-0.4, -0.2) is 19.6 Å². The second-order valence-electron chi connectivity index (χ2n) is 4.59. The molecule has 1 aromatic rings. The summed E-state index contributed by atoms with van der Waals surface area (Å²) in [5.41, 5.74) is 5.08. The Morgan fingerprint density at radius 3 is 2.22 bits per heavy atom. The number of benzene rings is 1. The number of amides is 1. The van der Waals surface area contributed by atoms with Gasteiger partial charge in [-0.05, 0) is 26.3 Å². The summed E-state index contributed by atoms with van der Waals surface area (Å²) < 4.78 is 25.3. The Bertz CT molecular complexity index is 522. The van der Waals surface area contributed by atoms with Gasteiger partial charge in [-0.3, -0.25) is 9.52 Å². The fraction of sp³-hybridized carbons (Fsp3) is 0.417. The molecule has 5 nitrogen and oxygen atoms in total. The zero-order valence-corrected chi connectivity index (χ0v) is 11.5. The van der Waals surface area contributed by atoms with Crippen molar-refractivity contribution in [1.29, 1.82) is 0 Å². The third-order valence-electron chi connectivity index (χ3n) is 2.70. The SMILES string of the molecule is CC(C)S(=O)(=O)NC(=O)C(C)(N)c1ccccc1. The average molecular weight is 270 g/mol. The van der Waals surface area contributed by atoms with Gasteiger partial charge >= 0.3 is 0 Å². The number of sulfonamides is 1. The first kappa shape index (κ1) is 14.7. The number of hydrogen-bond donors (Lipinski definition) is 2. The van der Waals surface area contributed by atoms with Gasteiger partial charge in [0.05, 0.1) is 5.25 Å². The lowest BCUT2D eigenvalue weighted by molar-refractivity contribution is -0.124. The van der Waals surface area contributed by atoms with Gasteiger partial charge in [0.1, 0.15) is 5.54 Å². The van der Waals surface area contributed by atoms with Crippen molar-refractivity contribution < 1.29 is 13.2 Å². The maximum atomic E-state index is 12.0. The topological polar surface area (TPSA) is 89.3 Å². The lowest BCUT2D eigenvalue weighted by Gasteiger charge is -2.24. The quantitative estimate of drug-likeness (QED) is 0.843. The second-order valence-corrected chi connectivity index (χ2v) is 6.83. The van der Waals surface area contributed by atoms with E-state index in [1.54, 1.807) is 30.3 Å². The molecule has 3 N–H and O–H groups in total. The van der Waals surface area contributed by atoms with Crippen LogP contribution in [0.2, 0.25) is 0 Å². The number of carbonyl (C=O) groups excluding carboxylic acids is 1. The number of hydrogen-bond acceptors (Lipinski definition) is 4. The zero-order chi connectivity index (χ0) is 14.0. The molecule has 0 aliphatic heterocycles. The summed E-state index contributed by atoms with van der Waals surface area (Å²) in [4.78, 5) is 12.0. The Balaban J connectivity index is 2.98. The highest BCUT2D eigenvalue weighted by Gasteiger charge is 2.33. The standard InChI is InChI=1S/C12H18N2O3S/c1-9(2)18(16,17)14-11(15)12(3,13)10-7-5-4-6-8-10/h4-9H,13H2,1-3H3,(H,14,15). The van der Waals surface area contributed by atoms with Gasteiger partial charge in [-0.15, -0.1) is 0 Å². The first-order valence-corrected chi connectivity index (χ1v) is 7.13. The van der Waals surface area contributed by atoms with Crippen LogP contribution in [0.1, 0.15) is 26.3 Å². The largest absolute Gasteiger partial charge is 0.314 e. The van der Waals surface area contributed by atoms with Crippen molar-refractivity contribution in [3.05, 3.63) is 35.9 Å². The van der Waals surface area contributed by atoms with Gasteiger partial charge in [-0.2, -0.15) is 0 Å². The third kappa shape index (κ3) is 3.08. The fourth-order valence-corrected chi connectivity index (χ4v) is 1.97.